The first-order valence-corrected chi connectivity index (χ1v) is 7.59. The number of nitrogens with zero attached hydrogens (tertiary/aromatic N) is 3. The van der Waals surface area contributed by atoms with E-state index in [0.717, 1.165) is 36.2 Å². The van der Waals surface area contributed by atoms with E-state index < -0.39 is 0 Å². The lowest BCUT2D eigenvalue weighted by atomic mass is 10.3. The van der Waals surface area contributed by atoms with Crippen molar-refractivity contribution in [1.29, 1.82) is 0 Å². The van der Waals surface area contributed by atoms with Gasteiger partial charge in [0.15, 0.2) is 0 Å². The van der Waals surface area contributed by atoms with E-state index in [2.05, 4.69) is 44.5 Å². The first kappa shape index (κ1) is 14.0. The third-order valence-electron chi connectivity index (χ3n) is 3.50. The van der Waals surface area contributed by atoms with Crippen molar-refractivity contribution in [2.75, 3.05) is 13.2 Å². The molecule has 1 fully saturated rings. The van der Waals surface area contributed by atoms with Gasteiger partial charge in [0.25, 0.3) is 0 Å². The third-order valence-corrected chi connectivity index (χ3v) is 4.41. The second-order valence-electron chi connectivity index (χ2n) is 4.80. The minimum absolute atomic E-state index is 0.231. The quantitative estimate of drug-likeness (QED) is 0.838. The molecule has 5 heteroatoms. The van der Waals surface area contributed by atoms with Crippen molar-refractivity contribution in [3.05, 3.63) is 15.9 Å². The minimum atomic E-state index is 0.231. The highest BCUT2D eigenvalue weighted by Gasteiger charge is 2.30. The number of hydrogen-bond donors (Lipinski definition) is 1. The summed E-state index contributed by atoms with van der Waals surface area (Å²) in [6, 6.07) is 0.661. The summed E-state index contributed by atoms with van der Waals surface area (Å²) in [5.74, 6) is 0. The molecule has 0 aromatic carbocycles. The third kappa shape index (κ3) is 2.95. The van der Waals surface area contributed by atoms with Crippen molar-refractivity contribution in [2.24, 2.45) is 0 Å². The molecule has 1 N–H and O–H groups in total. The van der Waals surface area contributed by atoms with Gasteiger partial charge in [0.05, 0.1) is 22.5 Å². The van der Waals surface area contributed by atoms with Gasteiger partial charge in [-0.3, -0.25) is 9.58 Å². The summed E-state index contributed by atoms with van der Waals surface area (Å²) < 4.78 is 3.23. The van der Waals surface area contributed by atoms with Crippen LogP contribution < -0.4 is 0 Å². The molecule has 0 spiro atoms. The van der Waals surface area contributed by atoms with Gasteiger partial charge in [0.2, 0.25) is 0 Å². The fraction of sp³-hybridized carbons (Fsp3) is 0.769. The first-order valence-electron chi connectivity index (χ1n) is 6.80. The zero-order valence-corrected chi connectivity index (χ0v) is 12.8. The summed E-state index contributed by atoms with van der Waals surface area (Å²) in [6.45, 7) is 7.01. The number of halogens is 1. The number of aryl methyl sites for hydroxylation is 2. The summed E-state index contributed by atoms with van der Waals surface area (Å²) in [7, 11) is 0. The molecule has 1 saturated carbocycles. The largest absolute Gasteiger partial charge is 0.395 e. The van der Waals surface area contributed by atoms with Gasteiger partial charge < -0.3 is 5.11 Å². The molecule has 1 aromatic heterocycles. The Balaban J connectivity index is 2.17. The molecule has 102 valence electrons. The highest BCUT2D eigenvalue weighted by molar-refractivity contribution is 9.10. The summed E-state index contributed by atoms with van der Waals surface area (Å²) in [5.41, 5.74) is 2.38. The predicted octanol–water partition coefficient (Wildman–Crippen LogP) is 2.18. The summed E-state index contributed by atoms with van der Waals surface area (Å²) in [4.78, 5) is 2.37. The number of hydrogen-bond acceptors (Lipinski definition) is 3. The highest BCUT2D eigenvalue weighted by Crippen LogP contribution is 2.30. The number of aliphatic hydroxyl groups is 1. The van der Waals surface area contributed by atoms with Gasteiger partial charge in [0, 0.05) is 25.7 Å². The summed E-state index contributed by atoms with van der Waals surface area (Å²) in [6.07, 6.45) is 3.47. The number of rotatable bonds is 7. The molecule has 2 rings (SSSR count). The minimum Gasteiger partial charge on any atom is -0.395 e. The van der Waals surface area contributed by atoms with Crippen LogP contribution in [0.2, 0.25) is 0 Å². The van der Waals surface area contributed by atoms with Crippen molar-refractivity contribution < 1.29 is 5.11 Å². The van der Waals surface area contributed by atoms with E-state index in [1.807, 2.05) is 0 Å². The van der Waals surface area contributed by atoms with Gasteiger partial charge in [0.1, 0.15) is 0 Å². The van der Waals surface area contributed by atoms with Crippen molar-refractivity contribution in [2.45, 2.75) is 52.2 Å². The van der Waals surface area contributed by atoms with Crippen LogP contribution in [-0.2, 0) is 19.5 Å². The Morgan fingerprint density at radius 3 is 2.67 bits per heavy atom. The Morgan fingerprint density at radius 1 is 1.44 bits per heavy atom. The topological polar surface area (TPSA) is 41.3 Å². The molecule has 0 radical (unpaired) electrons. The summed E-state index contributed by atoms with van der Waals surface area (Å²) in [5, 5.41) is 13.8. The molecule has 1 aromatic rings. The summed E-state index contributed by atoms with van der Waals surface area (Å²) >= 11 is 3.68. The van der Waals surface area contributed by atoms with E-state index in [1.165, 1.54) is 18.5 Å². The fourth-order valence-electron chi connectivity index (χ4n) is 2.32. The SMILES string of the molecule is CCc1nn(CC)c(CN(CCO)C2CC2)c1Br. The average molecular weight is 316 g/mol. The van der Waals surface area contributed by atoms with Crippen LogP contribution in [0.15, 0.2) is 4.47 Å². The Kier molecular flexibility index (Phi) is 4.81. The lowest BCUT2D eigenvalue weighted by Gasteiger charge is -2.21. The second kappa shape index (κ2) is 6.17. The predicted molar refractivity (Wildman–Crippen MR) is 75.5 cm³/mol. The van der Waals surface area contributed by atoms with Crippen LogP contribution in [-0.4, -0.2) is 39.0 Å². The molecule has 0 atom stereocenters. The van der Waals surface area contributed by atoms with E-state index in [0.29, 0.717) is 6.04 Å². The van der Waals surface area contributed by atoms with Gasteiger partial charge in [-0.15, -0.1) is 0 Å². The molecule has 1 aliphatic carbocycles. The Bertz CT molecular complexity index is 401. The maximum atomic E-state index is 9.16. The molecule has 0 saturated heterocycles. The molecule has 18 heavy (non-hydrogen) atoms. The number of aromatic nitrogens is 2. The van der Waals surface area contributed by atoms with Gasteiger partial charge >= 0.3 is 0 Å². The van der Waals surface area contributed by atoms with Gasteiger partial charge in [-0.2, -0.15) is 5.10 Å². The molecule has 1 aliphatic rings. The van der Waals surface area contributed by atoms with E-state index in [9.17, 15) is 0 Å². The van der Waals surface area contributed by atoms with Crippen LogP contribution in [0.25, 0.3) is 0 Å². The molecule has 0 bridgehead atoms. The Hall–Kier alpha value is -0.390. The van der Waals surface area contributed by atoms with Crippen molar-refractivity contribution in [3.63, 3.8) is 0 Å². The van der Waals surface area contributed by atoms with Gasteiger partial charge in [-0.1, -0.05) is 6.92 Å². The fourth-order valence-corrected chi connectivity index (χ4v) is 3.01. The smallest absolute Gasteiger partial charge is 0.0767 e. The molecule has 0 unspecified atom stereocenters. The monoisotopic (exact) mass is 315 g/mol. The zero-order valence-electron chi connectivity index (χ0n) is 11.2. The van der Waals surface area contributed by atoms with Crippen LogP contribution in [0.1, 0.15) is 38.1 Å². The first-order chi connectivity index (χ1) is 8.71. The molecule has 0 amide bonds. The molecule has 4 nitrogen and oxygen atoms in total. The second-order valence-corrected chi connectivity index (χ2v) is 5.59. The lowest BCUT2D eigenvalue weighted by molar-refractivity contribution is 0.179. The van der Waals surface area contributed by atoms with Crippen LogP contribution in [0.3, 0.4) is 0 Å². The van der Waals surface area contributed by atoms with E-state index in [1.54, 1.807) is 0 Å². The zero-order chi connectivity index (χ0) is 13.1. The van der Waals surface area contributed by atoms with E-state index in [-0.39, 0.29) is 6.61 Å². The highest BCUT2D eigenvalue weighted by atomic mass is 79.9. The van der Waals surface area contributed by atoms with Crippen molar-refractivity contribution >= 4 is 15.9 Å². The van der Waals surface area contributed by atoms with Crippen LogP contribution in [0.5, 0.6) is 0 Å². The average Bonchev–Trinajstić information content (AvgIpc) is 3.16. The van der Waals surface area contributed by atoms with Gasteiger partial charge in [-0.25, -0.2) is 0 Å². The maximum absolute atomic E-state index is 9.16. The standard InChI is InChI=1S/C13H22BrN3O/c1-3-11-13(14)12(17(4-2)15-11)9-16(7-8-18)10-5-6-10/h10,18H,3-9H2,1-2H3. The Labute approximate surface area is 117 Å². The van der Waals surface area contributed by atoms with Gasteiger partial charge in [-0.05, 0) is 42.1 Å². The molecule has 1 heterocycles. The van der Waals surface area contributed by atoms with Crippen molar-refractivity contribution in [1.82, 2.24) is 14.7 Å². The normalized spacial score (nSPS) is 15.6. The van der Waals surface area contributed by atoms with Crippen molar-refractivity contribution in [3.8, 4) is 0 Å². The van der Waals surface area contributed by atoms with E-state index >= 15 is 0 Å². The number of aliphatic hydroxyl groups excluding tert-OH is 1. The molecule has 0 aliphatic heterocycles. The molecular weight excluding hydrogens is 294 g/mol. The molecular formula is C13H22BrN3O. The maximum Gasteiger partial charge on any atom is 0.0767 e. The lowest BCUT2D eigenvalue weighted by Crippen LogP contribution is -2.29. The van der Waals surface area contributed by atoms with Crippen LogP contribution in [0.4, 0.5) is 0 Å². The Morgan fingerprint density at radius 2 is 2.17 bits per heavy atom. The van der Waals surface area contributed by atoms with Crippen LogP contribution >= 0.6 is 15.9 Å². The van der Waals surface area contributed by atoms with Crippen LogP contribution in [0, 0.1) is 0 Å². The van der Waals surface area contributed by atoms with E-state index in [4.69, 9.17) is 5.11 Å².